The minimum absolute atomic E-state index is 0.656. The lowest BCUT2D eigenvalue weighted by Crippen LogP contribution is -2.19. The highest BCUT2D eigenvalue weighted by molar-refractivity contribution is 5.47. The first-order valence-corrected chi connectivity index (χ1v) is 5.66. The minimum atomic E-state index is 0.656. The molecule has 1 fully saturated rings. The molecule has 2 heterocycles. The number of rotatable bonds is 3. The first kappa shape index (κ1) is 10.2. The van der Waals surface area contributed by atoms with Crippen molar-refractivity contribution in [3.8, 4) is 0 Å². The van der Waals surface area contributed by atoms with Crippen LogP contribution in [-0.2, 0) is 6.42 Å². The lowest BCUT2D eigenvalue weighted by atomic mass is 10.1. The van der Waals surface area contributed by atoms with Crippen LogP contribution in [0, 0.1) is 5.92 Å². The molecule has 1 aliphatic rings. The summed E-state index contributed by atoms with van der Waals surface area (Å²) in [4.78, 5) is 6.75. The summed E-state index contributed by atoms with van der Waals surface area (Å²) in [7, 11) is 0. The van der Waals surface area contributed by atoms with Gasteiger partial charge in [-0.3, -0.25) is 4.98 Å². The van der Waals surface area contributed by atoms with E-state index in [1.54, 1.807) is 0 Å². The second-order valence-corrected chi connectivity index (χ2v) is 4.09. The van der Waals surface area contributed by atoms with Gasteiger partial charge in [0.1, 0.15) is 0 Å². The van der Waals surface area contributed by atoms with Crippen LogP contribution < -0.4 is 4.90 Å². The lowest BCUT2D eigenvalue weighted by Gasteiger charge is -2.18. The molecule has 0 spiro atoms. The van der Waals surface area contributed by atoms with Crippen LogP contribution in [0.4, 0.5) is 5.69 Å². The van der Waals surface area contributed by atoms with Crippen LogP contribution in [0.15, 0.2) is 31.0 Å². The topological polar surface area (TPSA) is 16.1 Å². The van der Waals surface area contributed by atoms with E-state index in [4.69, 9.17) is 0 Å². The van der Waals surface area contributed by atoms with Crippen LogP contribution >= 0.6 is 0 Å². The van der Waals surface area contributed by atoms with Gasteiger partial charge in [0, 0.05) is 30.7 Å². The molecule has 2 nitrogen and oxygen atoms in total. The molecule has 1 atom stereocenters. The van der Waals surface area contributed by atoms with Gasteiger partial charge in [-0.15, -0.1) is 6.58 Å². The number of nitrogens with zero attached hydrogens (tertiary/aromatic N) is 2. The van der Waals surface area contributed by atoms with Gasteiger partial charge in [0.25, 0.3) is 0 Å². The fourth-order valence-corrected chi connectivity index (χ4v) is 2.07. The Morgan fingerprint density at radius 2 is 2.53 bits per heavy atom. The third-order valence-corrected chi connectivity index (χ3v) is 3.09. The highest BCUT2D eigenvalue weighted by Gasteiger charge is 2.20. The number of hydrogen-bond donors (Lipinski definition) is 0. The van der Waals surface area contributed by atoms with Crippen LogP contribution in [0.3, 0.4) is 0 Å². The molecule has 0 N–H and O–H groups in total. The van der Waals surface area contributed by atoms with Crippen molar-refractivity contribution >= 4 is 5.69 Å². The van der Waals surface area contributed by atoms with E-state index in [9.17, 15) is 0 Å². The van der Waals surface area contributed by atoms with Gasteiger partial charge in [-0.2, -0.15) is 0 Å². The molecule has 1 aromatic rings. The molecule has 1 aliphatic heterocycles. The van der Waals surface area contributed by atoms with E-state index in [0.29, 0.717) is 5.92 Å². The molecule has 0 bridgehead atoms. The average molecular weight is 202 g/mol. The largest absolute Gasteiger partial charge is 0.371 e. The van der Waals surface area contributed by atoms with E-state index < -0.39 is 0 Å². The zero-order valence-electron chi connectivity index (χ0n) is 9.32. The van der Waals surface area contributed by atoms with Crippen molar-refractivity contribution in [1.29, 1.82) is 0 Å². The number of aromatic nitrogens is 1. The first-order chi connectivity index (χ1) is 7.33. The third-order valence-electron chi connectivity index (χ3n) is 3.09. The summed E-state index contributed by atoms with van der Waals surface area (Å²) < 4.78 is 0. The van der Waals surface area contributed by atoms with Gasteiger partial charge in [-0.1, -0.05) is 13.0 Å². The summed E-state index contributed by atoms with van der Waals surface area (Å²) in [6.07, 6.45) is 6.22. The van der Waals surface area contributed by atoms with Crippen molar-refractivity contribution in [2.45, 2.75) is 19.8 Å². The molecule has 1 saturated heterocycles. The summed E-state index contributed by atoms with van der Waals surface area (Å²) in [5.74, 6) is 0.656. The quantitative estimate of drug-likeness (QED) is 0.700. The summed E-state index contributed by atoms with van der Waals surface area (Å²) >= 11 is 0. The third kappa shape index (κ3) is 2.20. The molecular formula is C13H18N2. The molecule has 0 aromatic carbocycles. The maximum absolute atomic E-state index is 4.32. The Hall–Kier alpha value is -1.31. The molecule has 1 aromatic heterocycles. The van der Waals surface area contributed by atoms with E-state index in [1.807, 2.05) is 6.20 Å². The van der Waals surface area contributed by atoms with Gasteiger partial charge in [-0.05, 0) is 30.9 Å². The van der Waals surface area contributed by atoms with Crippen molar-refractivity contribution in [2.75, 3.05) is 18.0 Å². The fraction of sp³-hybridized carbons (Fsp3) is 0.462. The Bertz CT molecular complexity index is 346. The number of anilines is 1. The fourth-order valence-electron chi connectivity index (χ4n) is 2.07. The van der Waals surface area contributed by atoms with Gasteiger partial charge in [0.2, 0.25) is 0 Å². The van der Waals surface area contributed by atoms with Gasteiger partial charge < -0.3 is 4.90 Å². The average Bonchev–Trinajstić information content (AvgIpc) is 2.78. The van der Waals surface area contributed by atoms with Gasteiger partial charge in [-0.25, -0.2) is 0 Å². The van der Waals surface area contributed by atoms with Crippen molar-refractivity contribution < 1.29 is 0 Å². The monoisotopic (exact) mass is 202 g/mol. The zero-order valence-corrected chi connectivity index (χ0v) is 9.32. The van der Waals surface area contributed by atoms with Crippen molar-refractivity contribution in [3.05, 3.63) is 36.7 Å². The SMILES string of the molecule is C=CC1CCN(c2ccnc(CC)c2)C1. The normalized spacial score (nSPS) is 20.6. The Balaban J connectivity index is 2.12. The predicted octanol–water partition coefficient (Wildman–Crippen LogP) is 2.66. The summed E-state index contributed by atoms with van der Waals surface area (Å²) in [5, 5.41) is 0. The number of aryl methyl sites for hydroxylation is 1. The molecule has 2 heteroatoms. The van der Waals surface area contributed by atoms with E-state index in [2.05, 4.69) is 41.6 Å². The standard InChI is InChI=1S/C13H18N2/c1-3-11-6-8-15(10-11)13-5-7-14-12(4-2)9-13/h3,5,7,9,11H,1,4,6,8,10H2,2H3. The molecule has 80 valence electrons. The second kappa shape index (κ2) is 4.47. The first-order valence-electron chi connectivity index (χ1n) is 5.66. The van der Waals surface area contributed by atoms with Crippen LogP contribution in [-0.4, -0.2) is 18.1 Å². The van der Waals surface area contributed by atoms with E-state index in [1.165, 1.54) is 17.8 Å². The number of pyridine rings is 1. The molecule has 1 unspecified atom stereocenters. The van der Waals surface area contributed by atoms with E-state index in [0.717, 1.165) is 19.5 Å². The molecular weight excluding hydrogens is 184 g/mol. The molecule has 0 amide bonds. The van der Waals surface area contributed by atoms with E-state index in [-0.39, 0.29) is 0 Å². The van der Waals surface area contributed by atoms with Crippen LogP contribution in [0.25, 0.3) is 0 Å². The van der Waals surface area contributed by atoms with E-state index >= 15 is 0 Å². The van der Waals surface area contributed by atoms with Crippen LogP contribution in [0.1, 0.15) is 19.0 Å². The molecule has 2 rings (SSSR count). The van der Waals surface area contributed by atoms with Gasteiger partial charge >= 0.3 is 0 Å². The second-order valence-electron chi connectivity index (χ2n) is 4.09. The summed E-state index contributed by atoms with van der Waals surface area (Å²) in [6, 6.07) is 4.30. The Kier molecular flexibility index (Phi) is 3.05. The minimum Gasteiger partial charge on any atom is -0.371 e. The molecule has 15 heavy (non-hydrogen) atoms. The van der Waals surface area contributed by atoms with Crippen molar-refractivity contribution in [1.82, 2.24) is 4.98 Å². The molecule has 0 aliphatic carbocycles. The Labute approximate surface area is 91.6 Å². The van der Waals surface area contributed by atoms with Crippen molar-refractivity contribution in [2.24, 2.45) is 5.92 Å². The van der Waals surface area contributed by atoms with Crippen molar-refractivity contribution in [3.63, 3.8) is 0 Å². The van der Waals surface area contributed by atoms with Crippen LogP contribution in [0.2, 0.25) is 0 Å². The lowest BCUT2D eigenvalue weighted by molar-refractivity contribution is 0.741. The molecule has 0 radical (unpaired) electrons. The smallest absolute Gasteiger partial charge is 0.0421 e. The predicted molar refractivity (Wildman–Crippen MR) is 64.1 cm³/mol. The Morgan fingerprint density at radius 3 is 3.20 bits per heavy atom. The Morgan fingerprint density at radius 1 is 1.67 bits per heavy atom. The summed E-state index contributed by atoms with van der Waals surface area (Å²) in [6.45, 7) is 8.26. The van der Waals surface area contributed by atoms with Gasteiger partial charge in [0.05, 0.1) is 0 Å². The highest BCUT2D eigenvalue weighted by atomic mass is 15.1. The van der Waals surface area contributed by atoms with Gasteiger partial charge in [0.15, 0.2) is 0 Å². The maximum Gasteiger partial charge on any atom is 0.0421 e. The maximum atomic E-state index is 4.32. The molecule has 0 saturated carbocycles. The number of hydrogen-bond acceptors (Lipinski definition) is 2. The highest BCUT2D eigenvalue weighted by Crippen LogP contribution is 2.24. The summed E-state index contributed by atoms with van der Waals surface area (Å²) in [5.41, 5.74) is 2.49. The van der Waals surface area contributed by atoms with Crippen LogP contribution in [0.5, 0.6) is 0 Å². The zero-order chi connectivity index (χ0) is 10.7.